The van der Waals surface area contributed by atoms with Crippen LogP contribution < -0.4 is 5.32 Å². The molecule has 0 bridgehead atoms. The minimum absolute atomic E-state index is 0.428. The van der Waals surface area contributed by atoms with Crippen LogP contribution in [0.4, 0.5) is 0 Å². The van der Waals surface area contributed by atoms with Crippen LogP contribution in [-0.2, 0) is 0 Å². The Hall–Kier alpha value is -0.470. The van der Waals surface area contributed by atoms with Crippen LogP contribution in [0.2, 0.25) is 0 Å². The van der Waals surface area contributed by atoms with Gasteiger partial charge in [0.05, 0.1) is 0 Å². The molecule has 2 rings (SSSR count). The van der Waals surface area contributed by atoms with Gasteiger partial charge in [0.15, 0.2) is 0 Å². The lowest BCUT2D eigenvalue weighted by Gasteiger charge is -2.28. The molecule has 1 aromatic rings. The first-order valence-corrected chi connectivity index (χ1v) is 8.95. The molecular formula is C18H29NS. The van der Waals surface area contributed by atoms with Crippen molar-refractivity contribution in [1.82, 2.24) is 5.32 Å². The van der Waals surface area contributed by atoms with Crippen molar-refractivity contribution < 1.29 is 0 Å². The maximum absolute atomic E-state index is 3.81. The maximum atomic E-state index is 3.81. The molecule has 0 spiro atoms. The first-order valence-electron chi connectivity index (χ1n) is 7.96. The largest absolute Gasteiger partial charge is 0.313 e. The van der Waals surface area contributed by atoms with E-state index in [0.29, 0.717) is 17.4 Å². The summed E-state index contributed by atoms with van der Waals surface area (Å²) in [5.74, 6) is 1.93. The van der Waals surface area contributed by atoms with Crippen LogP contribution in [0.5, 0.6) is 0 Å². The van der Waals surface area contributed by atoms with Gasteiger partial charge in [0, 0.05) is 22.6 Å². The average Bonchev–Trinajstić information content (AvgIpc) is 2.82. The van der Waals surface area contributed by atoms with Gasteiger partial charge in [-0.15, -0.1) is 11.8 Å². The van der Waals surface area contributed by atoms with Gasteiger partial charge in [0.2, 0.25) is 0 Å². The van der Waals surface area contributed by atoms with Gasteiger partial charge in [-0.2, -0.15) is 0 Å². The molecule has 0 aliphatic carbocycles. The number of hydrogen-bond donors (Lipinski definition) is 1. The second kappa shape index (κ2) is 7.00. The second-order valence-electron chi connectivity index (χ2n) is 7.12. The second-order valence-corrected chi connectivity index (χ2v) is 8.18. The van der Waals surface area contributed by atoms with E-state index in [0.717, 1.165) is 6.54 Å². The van der Waals surface area contributed by atoms with Crippen LogP contribution in [0.15, 0.2) is 29.2 Å². The van der Waals surface area contributed by atoms with E-state index >= 15 is 0 Å². The van der Waals surface area contributed by atoms with Gasteiger partial charge in [-0.1, -0.05) is 45.9 Å². The van der Waals surface area contributed by atoms with Crippen LogP contribution in [0.3, 0.4) is 0 Å². The molecule has 1 aromatic carbocycles. The van der Waals surface area contributed by atoms with Crippen molar-refractivity contribution in [2.45, 2.75) is 63.8 Å². The zero-order valence-electron chi connectivity index (χ0n) is 13.4. The zero-order chi connectivity index (χ0) is 14.6. The van der Waals surface area contributed by atoms with Gasteiger partial charge in [-0.05, 0) is 42.9 Å². The Bertz CT molecular complexity index is 422. The highest BCUT2D eigenvalue weighted by Crippen LogP contribution is 2.42. The average molecular weight is 292 g/mol. The van der Waals surface area contributed by atoms with E-state index in [2.05, 4.69) is 57.3 Å². The van der Waals surface area contributed by atoms with Gasteiger partial charge in [0.25, 0.3) is 0 Å². The monoisotopic (exact) mass is 291 g/mol. The van der Waals surface area contributed by atoms with Crippen molar-refractivity contribution in [3.63, 3.8) is 0 Å². The molecular weight excluding hydrogens is 262 g/mol. The molecule has 1 aliphatic heterocycles. The third kappa shape index (κ3) is 4.26. The fourth-order valence-electron chi connectivity index (χ4n) is 2.88. The molecule has 0 amide bonds. The number of fused-ring (bicyclic) bond motifs is 1. The van der Waals surface area contributed by atoms with E-state index < -0.39 is 0 Å². The lowest BCUT2D eigenvalue weighted by molar-refractivity contribution is 0.315. The molecule has 1 aliphatic rings. The molecule has 112 valence electrons. The summed E-state index contributed by atoms with van der Waals surface area (Å²) < 4.78 is 0. The highest BCUT2D eigenvalue weighted by Gasteiger charge is 2.30. The van der Waals surface area contributed by atoms with E-state index in [-0.39, 0.29) is 0 Å². The Morgan fingerprint density at radius 3 is 2.75 bits per heavy atom. The van der Waals surface area contributed by atoms with Crippen LogP contribution >= 0.6 is 11.8 Å². The van der Waals surface area contributed by atoms with Crippen molar-refractivity contribution in [1.29, 1.82) is 0 Å². The van der Waals surface area contributed by atoms with Crippen LogP contribution in [0, 0.1) is 5.41 Å². The molecule has 2 heteroatoms. The molecule has 20 heavy (non-hydrogen) atoms. The number of nitrogens with one attached hydrogen (secondary N) is 1. The molecule has 1 N–H and O–H groups in total. The minimum Gasteiger partial charge on any atom is -0.313 e. The third-order valence-corrected chi connectivity index (χ3v) is 5.29. The molecule has 0 saturated carbocycles. The van der Waals surface area contributed by atoms with E-state index in [1.165, 1.54) is 29.9 Å². The van der Waals surface area contributed by atoms with Crippen molar-refractivity contribution in [3.8, 4) is 0 Å². The SMILES string of the molecule is CCCNC(CCC(C)(C)C)C1CSc2ccccc21. The van der Waals surface area contributed by atoms with Gasteiger partial charge < -0.3 is 5.32 Å². The van der Waals surface area contributed by atoms with Crippen molar-refractivity contribution in [2.75, 3.05) is 12.3 Å². The smallest absolute Gasteiger partial charge is 0.0144 e. The molecule has 1 heterocycles. The fourth-order valence-corrected chi connectivity index (χ4v) is 4.22. The quantitative estimate of drug-likeness (QED) is 0.785. The van der Waals surface area contributed by atoms with Crippen molar-refractivity contribution >= 4 is 11.8 Å². The molecule has 0 aromatic heterocycles. The standard InChI is InChI=1S/C18H29NS/c1-5-12-19-16(10-11-18(2,3)4)15-13-20-17-9-7-6-8-14(15)17/h6-9,15-16,19H,5,10-13H2,1-4H3. The predicted octanol–water partition coefficient (Wildman–Crippen LogP) is 5.07. The molecule has 0 saturated heterocycles. The highest BCUT2D eigenvalue weighted by atomic mass is 32.2. The Balaban J connectivity index is 2.07. The van der Waals surface area contributed by atoms with E-state index in [4.69, 9.17) is 0 Å². The summed E-state index contributed by atoms with van der Waals surface area (Å²) in [7, 11) is 0. The van der Waals surface area contributed by atoms with Gasteiger partial charge >= 0.3 is 0 Å². The predicted molar refractivity (Wildman–Crippen MR) is 90.7 cm³/mol. The topological polar surface area (TPSA) is 12.0 Å². The highest BCUT2D eigenvalue weighted by molar-refractivity contribution is 7.99. The zero-order valence-corrected chi connectivity index (χ0v) is 14.2. The molecule has 0 radical (unpaired) electrons. The summed E-state index contributed by atoms with van der Waals surface area (Å²) >= 11 is 2.03. The third-order valence-electron chi connectivity index (χ3n) is 4.08. The number of thioether (sulfide) groups is 1. The van der Waals surface area contributed by atoms with Crippen molar-refractivity contribution in [3.05, 3.63) is 29.8 Å². The minimum atomic E-state index is 0.428. The lowest BCUT2D eigenvalue weighted by atomic mass is 9.83. The lowest BCUT2D eigenvalue weighted by Crippen LogP contribution is -2.36. The normalized spacial score (nSPS) is 19.9. The van der Waals surface area contributed by atoms with Crippen molar-refractivity contribution in [2.24, 2.45) is 5.41 Å². The fraction of sp³-hybridized carbons (Fsp3) is 0.667. The molecule has 1 nitrogen and oxygen atoms in total. The van der Waals surface area contributed by atoms with Crippen LogP contribution in [-0.4, -0.2) is 18.3 Å². The summed E-state index contributed by atoms with van der Waals surface area (Å²) in [4.78, 5) is 1.50. The number of hydrogen-bond acceptors (Lipinski definition) is 2. The Morgan fingerprint density at radius 2 is 2.05 bits per heavy atom. The summed E-state index contributed by atoms with van der Waals surface area (Å²) in [6.07, 6.45) is 3.79. The Morgan fingerprint density at radius 1 is 1.30 bits per heavy atom. The number of rotatable bonds is 6. The first-order chi connectivity index (χ1) is 9.51. The van der Waals surface area contributed by atoms with Gasteiger partial charge in [0.1, 0.15) is 0 Å². The van der Waals surface area contributed by atoms with Gasteiger partial charge in [-0.25, -0.2) is 0 Å². The number of benzene rings is 1. The molecule has 2 unspecified atom stereocenters. The first kappa shape index (κ1) is 15.9. The summed E-state index contributed by atoms with van der Waals surface area (Å²) in [5.41, 5.74) is 2.00. The summed E-state index contributed by atoms with van der Waals surface area (Å²) in [6, 6.07) is 9.60. The molecule has 0 fully saturated rings. The molecule has 2 atom stereocenters. The van der Waals surface area contributed by atoms with Crippen LogP contribution in [0.25, 0.3) is 0 Å². The van der Waals surface area contributed by atoms with E-state index in [9.17, 15) is 0 Å². The van der Waals surface area contributed by atoms with Crippen LogP contribution in [0.1, 0.15) is 58.4 Å². The van der Waals surface area contributed by atoms with Gasteiger partial charge in [-0.3, -0.25) is 0 Å². The van der Waals surface area contributed by atoms with E-state index in [1.54, 1.807) is 5.56 Å². The maximum Gasteiger partial charge on any atom is 0.0144 e. The van der Waals surface area contributed by atoms with E-state index in [1.807, 2.05) is 11.8 Å². The summed E-state index contributed by atoms with van der Waals surface area (Å²) in [6.45, 7) is 10.4. The summed E-state index contributed by atoms with van der Waals surface area (Å²) in [5, 5.41) is 3.81. The Labute approximate surface area is 128 Å². The Kier molecular flexibility index (Phi) is 5.57.